The number of carbonyl (C=O) groups excluding carboxylic acids is 1. The third kappa shape index (κ3) is 5.58. The molecular weight excluding hydrogens is 354 g/mol. The molecule has 1 aromatic carbocycles. The number of amides is 1. The third-order valence-electron chi connectivity index (χ3n) is 2.28. The molecule has 0 saturated carbocycles. The number of nitrogens with one attached hydrogen (secondary N) is 2. The molecule has 122 valence electrons. The van der Waals surface area contributed by atoms with E-state index in [1.54, 1.807) is 0 Å². The van der Waals surface area contributed by atoms with Crippen molar-refractivity contribution >= 4 is 49.7 Å². The van der Waals surface area contributed by atoms with E-state index in [-0.39, 0.29) is 11.6 Å². The SMILES string of the molecule is CC(=O)Nc1cccc(NC(=S)C(P(=O)([O-])[O-])P(=O)([O-])[O-])c1. The average Bonchev–Trinajstić information content (AvgIpc) is 2.23. The molecule has 0 aromatic heterocycles. The van der Waals surface area contributed by atoms with Gasteiger partial charge in [-0.05, 0) is 18.2 Å². The monoisotopic (exact) mass is 364 g/mol. The van der Waals surface area contributed by atoms with Crippen LogP contribution in [0.3, 0.4) is 0 Å². The van der Waals surface area contributed by atoms with Gasteiger partial charge >= 0.3 is 0 Å². The number of hydrogen-bond acceptors (Lipinski definition) is 8. The minimum Gasteiger partial charge on any atom is -0.810 e. The van der Waals surface area contributed by atoms with Gasteiger partial charge in [0.25, 0.3) is 0 Å². The molecule has 0 aliphatic carbocycles. The number of benzene rings is 1. The van der Waals surface area contributed by atoms with Gasteiger partial charge in [0.2, 0.25) is 5.91 Å². The van der Waals surface area contributed by atoms with Crippen molar-refractivity contribution in [2.24, 2.45) is 0 Å². The summed E-state index contributed by atoms with van der Waals surface area (Å²) in [6, 6.07) is 5.64. The summed E-state index contributed by atoms with van der Waals surface area (Å²) in [6.45, 7) is 1.26. The Morgan fingerprint density at radius 1 is 1.09 bits per heavy atom. The van der Waals surface area contributed by atoms with Gasteiger partial charge in [-0.3, -0.25) is 4.79 Å². The molecule has 22 heavy (non-hydrogen) atoms. The molecule has 12 heteroatoms. The van der Waals surface area contributed by atoms with Gasteiger partial charge in [0.05, 0.1) is 10.4 Å². The van der Waals surface area contributed by atoms with Crippen molar-refractivity contribution in [1.82, 2.24) is 0 Å². The first-order valence-electron chi connectivity index (χ1n) is 5.63. The molecule has 0 radical (unpaired) electrons. The molecule has 0 heterocycles. The van der Waals surface area contributed by atoms with Crippen LogP contribution in [0.15, 0.2) is 24.3 Å². The Morgan fingerprint density at radius 2 is 1.55 bits per heavy atom. The number of rotatable bonds is 5. The van der Waals surface area contributed by atoms with Crippen molar-refractivity contribution in [3.63, 3.8) is 0 Å². The van der Waals surface area contributed by atoms with Crippen LogP contribution in [-0.2, 0) is 13.9 Å². The van der Waals surface area contributed by atoms with E-state index in [1.807, 2.05) is 0 Å². The fourth-order valence-electron chi connectivity index (χ4n) is 1.55. The first kappa shape index (κ1) is 18.9. The summed E-state index contributed by atoms with van der Waals surface area (Å²) in [7, 11) is -11.6. The maximum Gasteiger partial charge on any atom is 0.221 e. The minimum atomic E-state index is -5.79. The van der Waals surface area contributed by atoms with Crippen LogP contribution >= 0.6 is 27.4 Å². The predicted molar refractivity (Wildman–Crippen MR) is 76.0 cm³/mol. The summed E-state index contributed by atoms with van der Waals surface area (Å²) in [4.78, 5) is 53.7. The average molecular weight is 364 g/mol. The van der Waals surface area contributed by atoms with Gasteiger partial charge in [0.15, 0.2) is 0 Å². The fraction of sp³-hybridized carbons (Fsp3) is 0.200. The fourth-order valence-corrected chi connectivity index (χ4v) is 4.53. The van der Waals surface area contributed by atoms with Crippen molar-refractivity contribution < 1.29 is 33.5 Å². The van der Waals surface area contributed by atoms with Crippen LogP contribution in [0.25, 0.3) is 0 Å². The maximum atomic E-state index is 10.9. The zero-order chi connectivity index (χ0) is 17.1. The van der Waals surface area contributed by atoms with Crippen molar-refractivity contribution in [2.45, 2.75) is 12.3 Å². The zero-order valence-corrected chi connectivity index (χ0v) is 13.7. The van der Waals surface area contributed by atoms with Crippen LogP contribution in [0.1, 0.15) is 6.92 Å². The number of thiocarbonyl (C=S) groups is 1. The Balaban J connectivity index is 3.03. The van der Waals surface area contributed by atoms with E-state index in [2.05, 4.69) is 22.9 Å². The first-order chi connectivity index (χ1) is 9.91. The summed E-state index contributed by atoms with van der Waals surface area (Å²) in [5.74, 6) is -0.371. The summed E-state index contributed by atoms with van der Waals surface area (Å²) in [6.07, 6.45) is 0. The number of carbonyl (C=O) groups is 1. The lowest BCUT2D eigenvalue weighted by molar-refractivity contribution is -0.327. The second kappa shape index (κ2) is 6.97. The van der Waals surface area contributed by atoms with Gasteiger partial charge < -0.3 is 39.3 Å². The highest BCUT2D eigenvalue weighted by atomic mass is 32.1. The third-order valence-corrected chi connectivity index (χ3v) is 6.38. The van der Waals surface area contributed by atoms with Gasteiger partial charge in [0, 0.05) is 18.3 Å². The highest BCUT2D eigenvalue weighted by molar-refractivity contribution is 7.84. The highest BCUT2D eigenvalue weighted by Gasteiger charge is 2.22. The lowest BCUT2D eigenvalue weighted by atomic mass is 10.2. The van der Waals surface area contributed by atoms with E-state index in [4.69, 9.17) is 0 Å². The smallest absolute Gasteiger partial charge is 0.221 e. The highest BCUT2D eigenvalue weighted by Crippen LogP contribution is 2.50. The van der Waals surface area contributed by atoms with Crippen molar-refractivity contribution in [3.05, 3.63) is 24.3 Å². The molecule has 0 aliphatic rings. The summed E-state index contributed by atoms with van der Waals surface area (Å²) in [5.41, 5.74) is 0.417. The molecule has 0 spiro atoms. The second-order valence-electron chi connectivity index (χ2n) is 4.20. The van der Waals surface area contributed by atoms with E-state index >= 15 is 0 Å². The molecule has 1 amide bonds. The summed E-state index contributed by atoms with van der Waals surface area (Å²) in [5, 5.41) is 1.76. The normalized spacial score (nSPS) is 12.1. The Bertz CT molecular complexity index is 662. The molecule has 0 saturated heterocycles. The van der Waals surface area contributed by atoms with Crippen LogP contribution < -0.4 is 30.2 Å². The molecule has 0 aliphatic heterocycles. The molecule has 9 nitrogen and oxygen atoms in total. The van der Waals surface area contributed by atoms with E-state index < -0.39 is 25.6 Å². The van der Waals surface area contributed by atoms with Crippen LogP contribution in [0.2, 0.25) is 0 Å². The van der Waals surface area contributed by atoms with Gasteiger partial charge in [-0.2, -0.15) is 0 Å². The summed E-state index contributed by atoms with van der Waals surface area (Å²) >= 11 is 4.54. The van der Waals surface area contributed by atoms with Gasteiger partial charge in [-0.1, -0.05) is 33.5 Å². The molecule has 0 unspecified atom stereocenters. The van der Waals surface area contributed by atoms with E-state index in [9.17, 15) is 33.5 Å². The van der Waals surface area contributed by atoms with Crippen molar-refractivity contribution in [2.75, 3.05) is 10.6 Å². The maximum absolute atomic E-state index is 10.9. The van der Waals surface area contributed by atoms with Crippen LogP contribution in [0.4, 0.5) is 11.4 Å². The largest absolute Gasteiger partial charge is 0.810 e. The standard InChI is InChI=1S/C10H14N2O7P2S/c1-6(13)11-7-3-2-4-8(5-7)12-9(22)10(20(14,15)16)21(17,18)19/h2-5,10H,1H3,(H,11,13)(H,12,22)(H2,14,15,16)(H2,17,18,19)/p-4. The van der Waals surface area contributed by atoms with E-state index in [1.165, 1.54) is 31.2 Å². The zero-order valence-electron chi connectivity index (χ0n) is 11.0. The topological polar surface area (TPSA) is 168 Å². The second-order valence-corrected chi connectivity index (χ2v) is 8.24. The number of hydrogen-bond donors (Lipinski definition) is 2. The molecule has 0 atom stereocenters. The first-order valence-corrected chi connectivity index (χ1v) is 9.26. The Hall–Kier alpha value is -1.12. The molecule has 0 fully saturated rings. The van der Waals surface area contributed by atoms with Crippen LogP contribution in [0, 0.1) is 0 Å². The molecule has 2 N–H and O–H groups in total. The molecule has 1 rings (SSSR count). The lowest BCUT2D eigenvalue weighted by Crippen LogP contribution is -2.41. The predicted octanol–water partition coefficient (Wildman–Crippen LogP) is -1.46. The molecular formula is C10H10N2O7P2S-4. The van der Waals surface area contributed by atoms with Gasteiger partial charge in [0.1, 0.15) is 0 Å². The van der Waals surface area contributed by atoms with Gasteiger partial charge in [-0.25, -0.2) is 0 Å². The minimum absolute atomic E-state index is 0.100. The Labute approximate surface area is 131 Å². The number of anilines is 2. The lowest BCUT2D eigenvalue weighted by Gasteiger charge is -2.49. The van der Waals surface area contributed by atoms with Gasteiger partial charge in [-0.15, -0.1) is 0 Å². The van der Waals surface area contributed by atoms with Crippen LogP contribution in [0.5, 0.6) is 0 Å². The van der Waals surface area contributed by atoms with Crippen LogP contribution in [-0.4, -0.2) is 16.3 Å². The molecule has 0 bridgehead atoms. The molecule has 1 aromatic rings. The summed E-state index contributed by atoms with van der Waals surface area (Å²) < 4.78 is 21.9. The van der Waals surface area contributed by atoms with E-state index in [0.717, 1.165) is 0 Å². The van der Waals surface area contributed by atoms with Crippen molar-refractivity contribution in [1.29, 1.82) is 0 Å². The Kier molecular flexibility index (Phi) is 6.00. The quantitative estimate of drug-likeness (QED) is 0.468. The van der Waals surface area contributed by atoms with Crippen molar-refractivity contribution in [3.8, 4) is 0 Å². The Morgan fingerprint density at radius 3 is 1.95 bits per heavy atom. The van der Waals surface area contributed by atoms with E-state index in [0.29, 0.717) is 5.69 Å².